The number of rotatable bonds is 16. The Morgan fingerprint density at radius 3 is 1.61 bits per heavy atom. The highest BCUT2D eigenvalue weighted by molar-refractivity contribution is 5.52. The summed E-state index contributed by atoms with van der Waals surface area (Å²) in [6, 6.07) is 13.3. The zero-order valence-electron chi connectivity index (χ0n) is 27.5. The second-order valence-corrected chi connectivity index (χ2v) is 12.3. The van der Waals surface area contributed by atoms with Crippen LogP contribution in [0.1, 0.15) is 64.2 Å². The molecule has 9 nitrogen and oxygen atoms in total. The van der Waals surface area contributed by atoms with Crippen molar-refractivity contribution in [3.8, 4) is 17.2 Å². The van der Waals surface area contributed by atoms with Crippen molar-refractivity contribution in [3.05, 3.63) is 42.5 Å². The monoisotopic (exact) mass is 614 g/mol. The summed E-state index contributed by atoms with van der Waals surface area (Å²) in [6.07, 6.45) is 13.2. The number of hydrogen-bond donors (Lipinski definition) is 0. The van der Waals surface area contributed by atoms with Crippen LogP contribution in [-0.4, -0.2) is 91.6 Å². The number of ether oxygens (including phenoxy) is 6. The van der Waals surface area contributed by atoms with Crippen molar-refractivity contribution in [2.24, 2.45) is 10.2 Å². The SMILES string of the molecule is C[N+](C)(C)CCCCCCCCCCCCOc1ccc(N=Nc2ccc3c(c2)OCCOCCOCCOCCO3)cc1. The third-order valence-electron chi connectivity index (χ3n) is 7.25. The Morgan fingerprint density at radius 1 is 0.545 bits per heavy atom. The van der Waals surface area contributed by atoms with Crippen molar-refractivity contribution in [1.29, 1.82) is 0 Å². The van der Waals surface area contributed by atoms with Crippen molar-refractivity contribution in [2.75, 3.05) is 87.1 Å². The average Bonchev–Trinajstić information content (AvgIpc) is 3.02. The highest BCUT2D eigenvalue weighted by Gasteiger charge is 2.09. The molecule has 0 fully saturated rings. The maximum Gasteiger partial charge on any atom is 0.163 e. The molecule has 0 aromatic heterocycles. The zero-order valence-corrected chi connectivity index (χ0v) is 27.5. The molecule has 0 unspecified atom stereocenters. The van der Waals surface area contributed by atoms with Gasteiger partial charge in [0.05, 0.1) is 85.3 Å². The molecule has 246 valence electrons. The number of fused-ring (bicyclic) bond motifs is 1. The smallest absolute Gasteiger partial charge is 0.163 e. The van der Waals surface area contributed by atoms with Crippen LogP contribution in [0.3, 0.4) is 0 Å². The number of quaternary nitrogens is 1. The summed E-state index contributed by atoms with van der Waals surface area (Å²) in [5.41, 5.74) is 1.43. The van der Waals surface area contributed by atoms with Crippen molar-refractivity contribution in [3.63, 3.8) is 0 Å². The van der Waals surface area contributed by atoms with Crippen LogP contribution >= 0.6 is 0 Å². The predicted molar refractivity (Wildman–Crippen MR) is 175 cm³/mol. The molecule has 2 aromatic carbocycles. The molecule has 0 atom stereocenters. The van der Waals surface area contributed by atoms with E-state index < -0.39 is 0 Å². The van der Waals surface area contributed by atoms with Crippen LogP contribution in [0.4, 0.5) is 11.4 Å². The minimum atomic E-state index is 0.396. The van der Waals surface area contributed by atoms with Gasteiger partial charge in [-0.25, -0.2) is 0 Å². The average molecular weight is 615 g/mol. The van der Waals surface area contributed by atoms with Gasteiger partial charge in [0.25, 0.3) is 0 Å². The highest BCUT2D eigenvalue weighted by Crippen LogP contribution is 2.33. The molecule has 0 N–H and O–H groups in total. The topological polar surface area (TPSA) is 80.1 Å². The Hall–Kier alpha value is -2.72. The van der Waals surface area contributed by atoms with E-state index in [4.69, 9.17) is 28.4 Å². The molecule has 0 saturated carbocycles. The van der Waals surface area contributed by atoms with Gasteiger partial charge in [0.2, 0.25) is 0 Å². The summed E-state index contributed by atoms with van der Waals surface area (Å²) < 4.78 is 35.4. The van der Waals surface area contributed by atoms with Crippen LogP contribution in [0, 0.1) is 0 Å². The van der Waals surface area contributed by atoms with Gasteiger partial charge in [-0.05, 0) is 55.7 Å². The Bertz CT molecular complexity index is 1040. The first-order valence-electron chi connectivity index (χ1n) is 16.6. The maximum absolute atomic E-state index is 5.94. The Balaban J connectivity index is 1.31. The quantitative estimate of drug-likeness (QED) is 0.109. The highest BCUT2D eigenvalue weighted by atomic mass is 16.6. The summed E-state index contributed by atoms with van der Waals surface area (Å²) >= 11 is 0. The number of nitrogens with zero attached hydrogens (tertiary/aromatic N) is 3. The molecule has 0 aliphatic carbocycles. The normalized spacial score (nSPS) is 15.5. The van der Waals surface area contributed by atoms with Gasteiger partial charge in [-0.2, -0.15) is 10.2 Å². The van der Waals surface area contributed by atoms with Crippen LogP contribution in [0.5, 0.6) is 17.2 Å². The summed E-state index contributed by atoms with van der Waals surface area (Å²) in [5, 5.41) is 8.80. The van der Waals surface area contributed by atoms with E-state index in [1.54, 1.807) is 0 Å². The van der Waals surface area contributed by atoms with Crippen LogP contribution in [-0.2, 0) is 14.2 Å². The molecule has 3 rings (SSSR count). The van der Waals surface area contributed by atoms with Gasteiger partial charge in [0.15, 0.2) is 11.5 Å². The molecule has 0 spiro atoms. The lowest BCUT2D eigenvalue weighted by Gasteiger charge is -2.23. The standard InChI is InChI=1S/C35H56N3O6/c1-38(2,3)20-12-10-8-6-4-5-7-9-11-13-21-42-33-17-14-31(15-18-33)36-37-32-16-19-34-35(30-32)44-29-27-41-25-23-39-22-24-40-26-28-43-34/h14-19,30H,4-13,20-29H2,1-3H3/q+1. The van der Waals surface area contributed by atoms with Crippen LogP contribution in [0.25, 0.3) is 0 Å². The molecule has 9 heteroatoms. The number of azo groups is 1. The lowest BCUT2D eigenvalue weighted by atomic mass is 10.1. The van der Waals surface area contributed by atoms with Gasteiger partial charge in [0, 0.05) is 6.07 Å². The molecular weight excluding hydrogens is 558 g/mol. The zero-order chi connectivity index (χ0) is 31.1. The largest absolute Gasteiger partial charge is 0.494 e. The fourth-order valence-corrected chi connectivity index (χ4v) is 4.77. The van der Waals surface area contributed by atoms with Crippen LogP contribution in [0.15, 0.2) is 52.7 Å². The van der Waals surface area contributed by atoms with Crippen LogP contribution in [0.2, 0.25) is 0 Å². The molecule has 1 aliphatic heterocycles. The minimum absolute atomic E-state index is 0.396. The van der Waals surface area contributed by atoms with E-state index in [0.29, 0.717) is 70.0 Å². The molecule has 0 amide bonds. The number of hydrogen-bond acceptors (Lipinski definition) is 8. The van der Waals surface area contributed by atoms with E-state index >= 15 is 0 Å². The van der Waals surface area contributed by atoms with Crippen molar-refractivity contribution in [2.45, 2.75) is 64.2 Å². The van der Waals surface area contributed by atoms with Crippen molar-refractivity contribution in [1.82, 2.24) is 0 Å². The number of benzene rings is 2. The minimum Gasteiger partial charge on any atom is -0.494 e. The van der Waals surface area contributed by atoms with E-state index in [1.165, 1.54) is 64.3 Å². The fourth-order valence-electron chi connectivity index (χ4n) is 4.77. The molecule has 0 radical (unpaired) electrons. The Labute approximate surface area is 265 Å². The first-order chi connectivity index (χ1) is 21.5. The molecule has 1 heterocycles. The van der Waals surface area contributed by atoms with Crippen molar-refractivity contribution < 1.29 is 32.9 Å². The van der Waals surface area contributed by atoms with Crippen LogP contribution < -0.4 is 14.2 Å². The Morgan fingerprint density at radius 2 is 1.02 bits per heavy atom. The van der Waals surface area contributed by atoms with Gasteiger partial charge < -0.3 is 32.9 Å². The first-order valence-corrected chi connectivity index (χ1v) is 16.6. The van der Waals surface area contributed by atoms with Gasteiger partial charge >= 0.3 is 0 Å². The van der Waals surface area contributed by atoms with Crippen molar-refractivity contribution >= 4 is 11.4 Å². The molecule has 1 aliphatic rings. The van der Waals surface area contributed by atoms with Gasteiger partial charge in [-0.15, -0.1) is 0 Å². The van der Waals surface area contributed by atoms with E-state index in [0.717, 1.165) is 28.9 Å². The molecule has 2 aromatic rings. The molecule has 0 saturated heterocycles. The summed E-state index contributed by atoms with van der Waals surface area (Å²) in [5.74, 6) is 2.10. The summed E-state index contributed by atoms with van der Waals surface area (Å²) in [7, 11) is 6.83. The van der Waals surface area contributed by atoms with E-state index in [2.05, 4.69) is 31.4 Å². The van der Waals surface area contributed by atoms with Gasteiger partial charge in [-0.1, -0.05) is 44.9 Å². The summed E-state index contributed by atoms with van der Waals surface area (Å²) in [4.78, 5) is 0. The van der Waals surface area contributed by atoms with E-state index in [1.807, 2.05) is 42.5 Å². The summed E-state index contributed by atoms with van der Waals surface area (Å²) in [6.45, 7) is 5.88. The van der Waals surface area contributed by atoms with Gasteiger partial charge in [-0.3, -0.25) is 0 Å². The predicted octanol–water partition coefficient (Wildman–Crippen LogP) is 7.91. The molecular formula is C35H56N3O6+. The van der Waals surface area contributed by atoms with Gasteiger partial charge in [0.1, 0.15) is 19.0 Å². The first kappa shape index (κ1) is 35.8. The second-order valence-electron chi connectivity index (χ2n) is 12.3. The second kappa shape index (κ2) is 21.9. The van der Waals surface area contributed by atoms with E-state index in [-0.39, 0.29) is 0 Å². The Kier molecular flexibility index (Phi) is 17.8. The van der Waals surface area contributed by atoms with E-state index in [9.17, 15) is 0 Å². The molecule has 44 heavy (non-hydrogen) atoms. The maximum atomic E-state index is 5.94. The fraction of sp³-hybridized carbons (Fsp3) is 0.657. The third-order valence-corrected chi connectivity index (χ3v) is 7.25. The third kappa shape index (κ3) is 16.9. The lowest BCUT2D eigenvalue weighted by molar-refractivity contribution is -0.870. The number of unbranched alkanes of at least 4 members (excludes halogenated alkanes) is 9. The molecule has 0 bridgehead atoms. The lowest BCUT2D eigenvalue weighted by Crippen LogP contribution is -2.35.